The Hall–Kier alpha value is -2.60. The molecular weight excluding hydrogens is 524 g/mol. The summed E-state index contributed by atoms with van der Waals surface area (Å²) < 4.78 is 2.15. The molecule has 0 spiro atoms. The molecule has 2 heterocycles. The van der Waals surface area contributed by atoms with E-state index in [1.807, 2.05) is 31.2 Å². The summed E-state index contributed by atoms with van der Waals surface area (Å²) in [6.45, 7) is 7.38. The van der Waals surface area contributed by atoms with Gasteiger partial charge < -0.3 is 5.32 Å². The smallest absolute Gasteiger partial charge is 0.270 e. The molecular formula is C28H33ClN4O2S2. The molecule has 0 radical (unpaired) electrons. The Morgan fingerprint density at radius 1 is 1.11 bits per heavy atom. The fourth-order valence-electron chi connectivity index (χ4n) is 4.22. The van der Waals surface area contributed by atoms with Crippen molar-refractivity contribution in [1.82, 2.24) is 9.47 Å². The summed E-state index contributed by atoms with van der Waals surface area (Å²) >= 11 is 13.2. The number of anilines is 1. The largest absolute Gasteiger partial charge is 0.367 e. The number of pyridine rings is 1. The van der Waals surface area contributed by atoms with Crippen LogP contribution in [0.3, 0.4) is 0 Å². The van der Waals surface area contributed by atoms with E-state index in [9.17, 15) is 14.9 Å². The molecule has 3 rings (SSSR count). The predicted molar refractivity (Wildman–Crippen MR) is 158 cm³/mol. The average molecular weight is 557 g/mol. The molecule has 1 aliphatic rings. The van der Waals surface area contributed by atoms with Gasteiger partial charge in [-0.25, -0.2) is 0 Å². The highest BCUT2D eigenvalue weighted by Crippen LogP contribution is 2.35. The van der Waals surface area contributed by atoms with E-state index < -0.39 is 0 Å². The molecule has 1 fully saturated rings. The molecule has 37 heavy (non-hydrogen) atoms. The van der Waals surface area contributed by atoms with Crippen LogP contribution in [-0.4, -0.2) is 26.2 Å². The van der Waals surface area contributed by atoms with Gasteiger partial charge in [0.15, 0.2) is 0 Å². The Morgan fingerprint density at radius 2 is 1.84 bits per heavy atom. The molecule has 0 atom stereocenters. The van der Waals surface area contributed by atoms with Crippen LogP contribution in [-0.2, 0) is 17.9 Å². The average Bonchev–Trinajstić information content (AvgIpc) is 3.15. The van der Waals surface area contributed by atoms with Crippen LogP contribution < -0.4 is 10.9 Å². The van der Waals surface area contributed by atoms with Gasteiger partial charge in [-0.1, -0.05) is 93.3 Å². The Bertz CT molecular complexity index is 1300. The lowest BCUT2D eigenvalue weighted by Crippen LogP contribution is -2.29. The molecule has 1 saturated heterocycles. The number of hydrogen-bond acceptors (Lipinski definition) is 6. The maximum Gasteiger partial charge on any atom is 0.270 e. The number of nitrogens with one attached hydrogen (secondary N) is 1. The summed E-state index contributed by atoms with van der Waals surface area (Å²) in [5.74, 6) is 0.441. The van der Waals surface area contributed by atoms with Gasteiger partial charge in [0.25, 0.3) is 11.5 Å². The fourth-order valence-corrected chi connectivity index (χ4v) is 5.72. The molecule has 9 heteroatoms. The van der Waals surface area contributed by atoms with E-state index in [0.717, 1.165) is 44.1 Å². The number of carbonyl (C=O) groups is 1. The van der Waals surface area contributed by atoms with Crippen LogP contribution in [0.5, 0.6) is 0 Å². The van der Waals surface area contributed by atoms with Gasteiger partial charge in [-0.2, -0.15) is 5.26 Å². The van der Waals surface area contributed by atoms with E-state index in [4.69, 9.17) is 23.8 Å². The zero-order valence-corrected chi connectivity index (χ0v) is 24.0. The summed E-state index contributed by atoms with van der Waals surface area (Å²) in [5, 5.41) is 13.8. The number of hydrogen-bond donors (Lipinski definition) is 1. The van der Waals surface area contributed by atoms with E-state index in [1.54, 1.807) is 22.5 Å². The number of nitrogens with zero attached hydrogens (tertiary/aromatic N) is 3. The summed E-state index contributed by atoms with van der Waals surface area (Å²) in [7, 11) is 0. The minimum Gasteiger partial charge on any atom is -0.367 e. The number of aromatic nitrogens is 1. The van der Waals surface area contributed by atoms with E-state index in [2.05, 4.69) is 18.3 Å². The molecule has 0 unspecified atom stereocenters. The van der Waals surface area contributed by atoms with Crippen LogP contribution in [0.1, 0.15) is 74.6 Å². The molecule has 1 aromatic carbocycles. The van der Waals surface area contributed by atoms with Gasteiger partial charge in [-0.15, -0.1) is 0 Å². The highest BCUT2D eigenvalue weighted by Gasteiger charge is 2.32. The number of amides is 1. The lowest BCUT2D eigenvalue weighted by atomic mass is 10.0. The quantitative estimate of drug-likeness (QED) is 0.174. The van der Waals surface area contributed by atoms with Gasteiger partial charge in [0.05, 0.1) is 4.91 Å². The number of thioether (sulfide) groups is 1. The number of halogens is 1. The van der Waals surface area contributed by atoms with E-state index in [0.29, 0.717) is 50.8 Å². The van der Waals surface area contributed by atoms with Crippen molar-refractivity contribution in [3.05, 3.63) is 66.8 Å². The normalized spacial score (nSPS) is 14.5. The first kappa shape index (κ1) is 29.0. The second-order valence-corrected chi connectivity index (χ2v) is 11.1. The maximum absolute atomic E-state index is 13.3. The van der Waals surface area contributed by atoms with Crippen LogP contribution >= 0.6 is 35.6 Å². The Kier molecular flexibility index (Phi) is 10.8. The maximum atomic E-state index is 13.3. The monoisotopic (exact) mass is 556 g/mol. The Morgan fingerprint density at radius 3 is 2.51 bits per heavy atom. The third-order valence-electron chi connectivity index (χ3n) is 6.40. The van der Waals surface area contributed by atoms with E-state index in [1.165, 1.54) is 11.8 Å². The molecule has 0 saturated carbocycles. The first-order valence-electron chi connectivity index (χ1n) is 12.7. The van der Waals surface area contributed by atoms with Crippen LogP contribution in [0, 0.1) is 18.3 Å². The van der Waals surface area contributed by atoms with Gasteiger partial charge in [0.2, 0.25) is 0 Å². The number of rotatable bonds is 12. The summed E-state index contributed by atoms with van der Waals surface area (Å²) in [6.07, 6.45) is 7.63. The van der Waals surface area contributed by atoms with Crippen molar-refractivity contribution in [2.24, 2.45) is 0 Å². The molecule has 1 amide bonds. The van der Waals surface area contributed by atoms with Crippen molar-refractivity contribution in [3.8, 4) is 6.07 Å². The Labute approximate surface area is 233 Å². The zero-order chi connectivity index (χ0) is 26.9. The Balaban J connectivity index is 2.07. The van der Waals surface area contributed by atoms with Crippen molar-refractivity contribution in [1.29, 1.82) is 5.26 Å². The topological polar surface area (TPSA) is 78.1 Å². The molecule has 196 valence electrons. The van der Waals surface area contributed by atoms with Crippen LogP contribution in [0.4, 0.5) is 5.82 Å². The number of carbonyl (C=O) groups excluding carboxylic acids is 1. The minimum atomic E-state index is -0.337. The molecule has 1 aromatic heterocycles. The van der Waals surface area contributed by atoms with E-state index >= 15 is 0 Å². The van der Waals surface area contributed by atoms with E-state index in [-0.39, 0.29) is 17.0 Å². The van der Waals surface area contributed by atoms with Crippen molar-refractivity contribution >= 4 is 57.7 Å². The molecule has 0 aliphatic carbocycles. The molecule has 6 nitrogen and oxygen atoms in total. The van der Waals surface area contributed by atoms with Gasteiger partial charge in [0, 0.05) is 30.2 Å². The van der Waals surface area contributed by atoms with Crippen molar-refractivity contribution < 1.29 is 4.79 Å². The lowest BCUT2D eigenvalue weighted by molar-refractivity contribution is -0.122. The SMILES string of the molecule is CCCCCCN1C(=O)/C(=C\c2c(C)c(C#N)c(=O)n(CCCC)c2NCc2ccccc2Cl)SC1=S. The molecule has 0 bridgehead atoms. The van der Waals surface area contributed by atoms with Crippen molar-refractivity contribution in [2.45, 2.75) is 72.4 Å². The van der Waals surface area contributed by atoms with Crippen molar-refractivity contribution in [2.75, 3.05) is 11.9 Å². The highest BCUT2D eigenvalue weighted by molar-refractivity contribution is 8.26. The minimum absolute atomic E-state index is 0.0840. The third-order valence-corrected chi connectivity index (χ3v) is 8.15. The fraction of sp³-hybridized carbons (Fsp3) is 0.429. The van der Waals surface area contributed by atoms with Gasteiger partial charge in [0.1, 0.15) is 21.8 Å². The highest BCUT2D eigenvalue weighted by atomic mass is 35.5. The number of unbranched alkanes of at least 4 members (excludes halogenated alkanes) is 4. The number of benzene rings is 1. The molecule has 1 aliphatic heterocycles. The lowest BCUT2D eigenvalue weighted by Gasteiger charge is -2.20. The van der Waals surface area contributed by atoms with Crippen LogP contribution in [0.15, 0.2) is 34.0 Å². The molecule has 2 aromatic rings. The second-order valence-electron chi connectivity index (χ2n) is 9.02. The first-order valence-corrected chi connectivity index (χ1v) is 14.3. The standard InChI is InChI=1S/C28H33ClN4O2S2/c1-4-6-8-11-15-33-27(35)24(37-28(33)36)16-21-19(3)22(17-30)26(34)32(14-7-5-2)25(21)31-18-20-12-9-10-13-23(20)29/h9-10,12-13,16,31H,4-8,11,14-15,18H2,1-3H3/b24-16+. The summed E-state index contributed by atoms with van der Waals surface area (Å²) in [6, 6.07) is 9.60. The van der Waals surface area contributed by atoms with Crippen LogP contribution in [0.25, 0.3) is 6.08 Å². The summed E-state index contributed by atoms with van der Waals surface area (Å²) in [5.41, 5.74) is 1.81. The number of nitriles is 1. The predicted octanol–water partition coefficient (Wildman–Crippen LogP) is 6.88. The summed E-state index contributed by atoms with van der Waals surface area (Å²) in [4.78, 5) is 28.7. The van der Waals surface area contributed by atoms with Crippen molar-refractivity contribution in [3.63, 3.8) is 0 Å². The number of thiocarbonyl (C=S) groups is 1. The van der Waals surface area contributed by atoms with Crippen LogP contribution in [0.2, 0.25) is 5.02 Å². The van der Waals surface area contributed by atoms with Gasteiger partial charge in [-0.3, -0.25) is 19.1 Å². The molecule has 1 N–H and O–H groups in total. The third kappa shape index (κ3) is 6.84. The van der Waals surface area contributed by atoms with Gasteiger partial charge >= 0.3 is 0 Å². The van der Waals surface area contributed by atoms with Gasteiger partial charge in [-0.05, 0) is 43.0 Å². The second kappa shape index (κ2) is 13.8. The first-order chi connectivity index (χ1) is 17.8. The zero-order valence-electron chi connectivity index (χ0n) is 21.6.